The van der Waals surface area contributed by atoms with Gasteiger partial charge < -0.3 is 15.0 Å². The molecule has 0 saturated carbocycles. The van der Waals surface area contributed by atoms with Gasteiger partial charge in [0.1, 0.15) is 11.6 Å². The first-order valence-corrected chi connectivity index (χ1v) is 10.5. The number of carbonyl (C=O) groups is 2. The van der Waals surface area contributed by atoms with E-state index >= 15 is 0 Å². The summed E-state index contributed by atoms with van der Waals surface area (Å²) in [6.45, 7) is 7.99. The van der Waals surface area contributed by atoms with Gasteiger partial charge in [-0.05, 0) is 31.2 Å². The SMILES string of the molecule is Cc1ccc(-n2nc(C(C)(C)C)cc2NC(=O)CN(C)C(=O)COc2ccccc2)cc1. The van der Waals surface area contributed by atoms with Crippen molar-refractivity contribution in [3.63, 3.8) is 0 Å². The van der Waals surface area contributed by atoms with Crippen molar-refractivity contribution in [1.29, 1.82) is 0 Å². The van der Waals surface area contributed by atoms with E-state index in [1.165, 1.54) is 4.90 Å². The highest BCUT2D eigenvalue weighted by Crippen LogP contribution is 2.26. The Morgan fingerprint density at radius 2 is 1.72 bits per heavy atom. The van der Waals surface area contributed by atoms with Crippen LogP contribution < -0.4 is 10.1 Å². The summed E-state index contributed by atoms with van der Waals surface area (Å²) in [5.74, 6) is 0.571. The number of carbonyl (C=O) groups excluding carboxylic acids is 2. The Morgan fingerprint density at radius 1 is 1.06 bits per heavy atom. The van der Waals surface area contributed by atoms with Gasteiger partial charge in [-0.1, -0.05) is 56.7 Å². The number of anilines is 1. The third-order valence-corrected chi connectivity index (χ3v) is 4.94. The lowest BCUT2D eigenvalue weighted by Gasteiger charge is -2.17. The predicted octanol–water partition coefficient (Wildman–Crippen LogP) is 3.95. The fourth-order valence-electron chi connectivity index (χ4n) is 2.98. The quantitative estimate of drug-likeness (QED) is 0.611. The normalized spacial score (nSPS) is 11.2. The van der Waals surface area contributed by atoms with Gasteiger partial charge in [-0.15, -0.1) is 0 Å². The van der Waals surface area contributed by atoms with Crippen LogP contribution in [0.2, 0.25) is 0 Å². The predicted molar refractivity (Wildman–Crippen MR) is 125 cm³/mol. The zero-order valence-corrected chi connectivity index (χ0v) is 19.3. The van der Waals surface area contributed by atoms with Gasteiger partial charge in [-0.3, -0.25) is 9.59 Å². The first-order valence-electron chi connectivity index (χ1n) is 10.5. The van der Waals surface area contributed by atoms with E-state index in [1.54, 1.807) is 23.9 Å². The van der Waals surface area contributed by atoms with Crippen LogP contribution in [0.4, 0.5) is 5.82 Å². The van der Waals surface area contributed by atoms with Crippen molar-refractivity contribution >= 4 is 17.6 Å². The van der Waals surface area contributed by atoms with Crippen LogP contribution in [0, 0.1) is 6.92 Å². The summed E-state index contributed by atoms with van der Waals surface area (Å²) in [6.07, 6.45) is 0. The Morgan fingerprint density at radius 3 is 2.34 bits per heavy atom. The van der Waals surface area contributed by atoms with Gasteiger partial charge in [0.2, 0.25) is 5.91 Å². The highest BCUT2D eigenvalue weighted by atomic mass is 16.5. The number of benzene rings is 2. The van der Waals surface area contributed by atoms with Crippen LogP contribution in [-0.2, 0) is 15.0 Å². The fraction of sp³-hybridized carbons (Fsp3) is 0.320. The van der Waals surface area contributed by atoms with Gasteiger partial charge in [-0.25, -0.2) is 4.68 Å². The van der Waals surface area contributed by atoms with Crippen LogP contribution in [-0.4, -0.2) is 46.7 Å². The molecule has 0 spiro atoms. The average Bonchev–Trinajstić information content (AvgIpc) is 3.17. The third kappa shape index (κ3) is 5.97. The molecule has 3 aromatic rings. The largest absolute Gasteiger partial charge is 0.484 e. The molecule has 0 saturated heterocycles. The molecule has 2 amide bonds. The minimum absolute atomic E-state index is 0.0963. The van der Waals surface area contributed by atoms with Crippen molar-refractivity contribution in [3.05, 3.63) is 71.9 Å². The van der Waals surface area contributed by atoms with Crippen LogP contribution in [0.25, 0.3) is 5.69 Å². The number of hydrogen-bond acceptors (Lipinski definition) is 4. The molecule has 0 aliphatic heterocycles. The maximum absolute atomic E-state index is 12.7. The number of aryl methyl sites for hydroxylation is 1. The van der Waals surface area contributed by atoms with Gasteiger partial charge in [0, 0.05) is 18.5 Å². The second kappa shape index (κ2) is 9.68. The molecule has 0 atom stereocenters. The van der Waals surface area contributed by atoms with Crippen molar-refractivity contribution in [2.75, 3.05) is 25.5 Å². The summed E-state index contributed by atoms with van der Waals surface area (Å²) in [7, 11) is 1.58. The first-order chi connectivity index (χ1) is 15.1. The van der Waals surface area contributed by atoms with E-state index in [1.807, 2.05) is 55.5 Å². The number of nitrogens with one attached hydrogen (secondary N) is 1. The lowest BCUT2D eigenvalue weighted by molar-refractivity contribution is -0.135. The first kappa shape index (κ1) is 23.1. The fourth-order valence-corrected chi connectivity index (χ4v) is 2.98. The molecule has 0 aliphatic rings. The Kier molecular flexibility index (Phi) is 6.98. The van der Waals surface area contributed by atoms with Gasteiger partial charge in [0.15, 0.2) is 6.61 Å². The van der Waals surface area contributed by atoms with Crippen molar-refractivity contribution < 1.29 is 14.3 Å². The molecule has 7 heteroatoms. The van der Waals surface area contributed by atoms with Crippen LogP contribution in [0.5, 0.6) is 5.75 Å². The Labute approximate surface area is 189 Å². The molecule has 32 heavy (non-hydrogen) atoms. The molecular weight excluding hydrogens is 404 g/mol. The summed E-state index contributed by atoms with van der Waals surface area (Å²) in [4.78, 5) is 26.4. The molecule has 1 heterocycles. The molecule has 0 radical (unpaired) electrons. The highest BCUT2D eigenvalue weighted by Gasteiger charge is 2.22. The summed E-state index contributed by atoms with van der Waals surface area (Å²) in [6, 6.07) is 18.9. The van der Waals surface area contributed by atoms with E-state index in [-0.39, 0.29) is 30.4 Å². The molecule has 1 N–H and O–H groups in total. The van der Waals surface area contributed by atoms with E-state index in [0.717, 1.165) is 16.9 Å². The number of para-hydroxylation sites is 1. The summed E-state index contributed by atoms with van der Waals surface area (Å²) < 4.78 is 7.20. The molecular formula is C25H30N4O3. The zero-order chi connectivity index (χ0) is 23.3. The molecule has 2 aromatic carbocycles. The third-order valence-electron chi connectivity index (χ3n) is 4.94. The van der Waals surface area contributed by atoms with E-state index in [9.17, 15) is 9.59 Å². The summed E-state index contributed by atoms with van der Waals surface area (Å²) in [5, 5.41) is 7.62. The Hall–Kier alpha value is -3.61. The average molecular weight is 435 g/mol. The minimum Gasteiger partial charge on any atom is -0.484 e. The lowest BCUT2D eigenvalue weighted by atomic mass is 9.92. The molecule has 0 unspecified atom stereocenters. The number of hydrogen-bond donors (Lipinski definition) is 1. The number of amides is 2. The molecule has 0 aliphatic carbocycles. The number of likely N-dealkylation sites (N-methyl/N-ethyl adjacent to an activating group) is 1. The number of rotatable bonds is 7. The molecule has 7 nitrogen and oxygen atoms in total. The van der Waals surface area contributed by atoms with E-state index in [4.69, 9.17) is 9.84 Å². The number of aromatic nitrogens is 2. The topological polar surface area (TPSA) is 76.5 Å². The van der Waals surface area contributed by atoms with Gasteiger partial charge in [-0.2, -0.15) is 5.10 Å². The van der Waals surface area contributed by atoms with Crippen molar-refractivity contribution in [2.24, 2.45) is 0 Å². The molecule has 0 bridgehead atoms. The van der Waals surface area contributed by atoms with Crippen LogP contribution in [0.1, 0.15) is 32.0 Å². The van der Waals surface area contributed by atoms with Crippen LogP contribution >= 0.6 is 0 Å². The van der Waals surface area contributed by atoms with Crippen LogP contribution in [0.15, 0.2) is 60.7 Å². The van der Waals surface area contributed by atoms with E-state index in [2.05, 4.69) is 26.1 Å². The lowest BCUT2D eigenvalue weighted by Crippen LogP contribution is -2.37. The van der Waals surface area contributed by atoms with Crippen molar-refractivity contribution in [3.8, 4) is 11.4 Å². The van der Waals surface area contributed by atoms with Crippen molar-refractivity contribution in [2.45, 2.75) is 33.1 Å². The van der Waals surface area contributed by atoms with Crippen molar-refractivity contribution in [1.82, 2.24) is 14.7 Å². The maximum atomic E-state index is 12.7. The van der Waals surface area contributed by atoms with E-state index in [0.29, 0.717) is 11.6 Å². The maximum Gasteiger partial charge on any atom is 0.260 e. The van der Waals surface area contributed by atoms with Gasteiger partial charge in [0.05, 0.1) is 17.9 Å². The standard InChI is InChI=1S/C25H30N4O3/c1-18-11-13-19(14-12-18)29-22(15-21(27-29)25(2,3)4)26-23(30)16-28(5)24(31)17-32-20-9-7-6-8-10-20/h6-15H,16-17H2,1-5H3,(H,26,30). The summed E-state index contributed by atoms with van der Waals surface area (Å²) >= 11 is 0. The highest BCUT2D eigenvalue weighted by molar-refractivity contribution is 5.94. The minimum atomic E-state index is -0.311. The molecule has 1 aromatic heterocycles. The van der Waals surface area contributed by atoms with Gasteiger partial charge in [0.25, 0.3) is 5.91 Å². The van der Waals surface area contributed by atoms with Gasteiger partial charge >= 0.3 is 0 Å². The Bertz CT molecular complexity index is 1070. The monoisotopic (exact) mass is 434 g/mol. The molecule has 3 rings (SSSR count). The zero-order valence-electron chi connectivity index (χ0n) is 19.3. The second-order valence-corrected chi connectivity index (χ2v) is 8.81. The van der Waals surface area contributed by atoms with E-state index < -0.39 is 0 Å². The smallest absolute Gasteiger partial charge is 0.260 e. The van der Waals surface area contributed by atoms with Crippen LogP contribution in [0.3, 0.4) is 0 Å². The number of nitrogens with zero attached hydrogens (tertiary/aromatic N) is 3. The molecule has 168 valence electrons. The summed E-state index contributed by atoms with van der Waals surface area (Å²) in [5.41, 5.74) is 2.66. The number of ether oxygens (including phenoxy) is 1. The second-order valence-electron chi connectivity index (χ2n) is 8.81. The Balaban J connectivity index is 1.68. The molecule has 0 fully saturated rings.